The number of rotatable bonds is 15. The van der Waals surface area contributed by atoms with Gasteiger partial charge in [-0.1, -0.05) is 42.5 Å². The summed E-state index contributed by atoms with van der Waals surface area (Å²) in [7, 11) is 0. The fourth-order valence-corrected chi connectivity index (χ4v) is 4.50. The van der Waals surface area contributed by atoms with E-state index >= 15 is 0 Å². The molecule has 0 radical (unpaired) electrons. The predicted octanol–water partition coefficient (Wildman–Crippen LogP) is -0.0247. The highest BCUT2D eigenvalue weighted by molar-refractivity contribution is 5.94. The minimum Gasteiger partial charge on any atom is -0.508 e. The number of aromatic amines is 2. The molecule has 4 rings (SSSR count). The van der Waals surface area contributed by atoms with Gasteiger partial charge < -0.3 is 41.9 Å². The van der Waals surface area contributed by atoms with Gasteiger partial charge in [0.05, 0.1) is 18.7 Å². The highest BCUT2D eigenvalue weighted by atomic mass is 16.4. The normalized spacial score (nSPS) is 13.7. The van der Waals surface area contributed by atoms with Crippen LogP contribution in [0.5, 0.6) is 5.75 Å². The van der Waals surface area contributed by atoms with Crippen molar-refractivity contribution in [2.75, 3.05) is 0 Å². The maximum atomic E-state index is 13.7. The van der Waals surface area contributed by atoms with Crippen molar-refractivity contribution in [3.05, 3.63) is 102 Å². The van der Waals surface area contributed by atoms with E-state index in [-0.39, 0.29) is 31.4 Å². The number of hydrogen-bond donors (Lipinski definition) is 8. The van der Waals surface area contributed by atoms with Crippen LogP contribution in [0.1, 0.15) is 22.5 Å². The van der Waals surface area contributed by atoms with Crippen LogP contribution in [0.25, 0.3) is 0 Å². The molecule has 2 heterocycles. The minimum atomic E-state index is -1.30. The van der Waals surface area contributed by atoms with E-state index in [0.29, 0.717) is 22.5 Å². The van der Waals surface area contributed by atoms with Crippen LogP contribution in [0.2, 0.25) is 0 Å². The minimum absolute atomic E-state index is 0.0197. The van der Waals surface area contributed by atoms with Crippen molar-refractivity contribution in [3.63, 3.8) is 0 Å². The number of hydrogen-bond acceptors (Lipinski definition) is 8. The van der Waals surface area contributed by atoms with Gasteiger partial charge in [-0.25, -0.2) is 14.8 Å². The number of carbonyl (C=O) groups excluding carboxylic acids is 3. The lowest BCUT2D eigenvalue weighted by Gasteiger charge is -2.25. The zero-order chi connectivity index (χ0) is 31.5. The summed E-state index contributed by atoms with van der Waals surface area (Å²) in [6.07, 6.45) is 6.02. The summed E-state index contributed by atoms with van der Waals surface area (Å²) >= 11 is 0. The van der Waals surface area contributed by atoms with E-state index < -0.39 is 47.9 Å². The van der Waals surface area contributed by atoms with Crippen LogP contribution in [-0.4, -0.2) is 78.0 Å². The molecule has 0 aliphatic heterocycles. The topological polar surface area (TPSA) is 228 Å². The summed E-state index contributed by atoms with van der Waals surface area (Å²) in [5, 5.41) is 27.4. The van der Waals surface area contributed by atoms with E-state index in [9.17, 15) is 29.4 Å². The Kier molecular flexibility index (Phi) is 10.8. The summed E-state index contributed by atoms with van der Waals surface area (Å²) in [6.45, 7) is 0. The number of nitrogens with zero attached hydrogens (tertiary/aromatic N) is 2. The molecular weight excluding hydrogens is 568 g/mol. The zero-order valence-electron chi connectivity index (χ0n) is 23.6. The first-order valence-electron chi connectivity index (χ1n) is 13.8. The van der Waals surface area contributed by atoms with Gasteiger partial charge in [-0.3, -0.25) is 14.4 Å². The van der Waals surface area contributed by atoms with Gasteiger partial charge in [0.2, 0.25) is 17.7 Å². The van der Waals surface area contributed by atoms with Crippen LogP contribution in [0.3, 0.4) is 0 Å². The number of aliphatic carboxylic acids is 1. The molecule has 0 saturated heterocycles. The van der Waals surface area contributed by atoms with Crippen molar-refractivity contribution in [2.45, 2.75) is 49.9 Å². The molecule has 3 amide bonds. The largest absolute Gasteiger partial charge is 0.508 e. The molecule has 0 aliphatic carbocycles. The van der Waals surface area contributed by atoms with Gasteiger partial charge in [0, 0.05) is 49.5 Å². The predicted molar refractivity (Wildman–Crippen MR) is 158 cm³/mol. The van der Waals surface area contributed by atoms with Crippen LogP contribution >= 0.6 is 0 Å². The van der Waals surface area contributed by atoms with Gasteiger partial charge in [0.25, 0.3) is 0 Å². The quantitative estimate of drug-likeness (QED) is 0.0912. The molecule has 0 aliphatic rings. The second-order valence-corrected chi connectivity index (χ2v) is 10.3. The second kappa shape index (κ2) is 15.1. The van der Waals surface area contributed by atoms with Gasteiger partial charge in [0.15, 0.2) is 0 Å². The smallest absolute Gasteiger partial charge is 0.326 e. The summed E-state index contributed by atoms with van der Waals surface area (Å²) in [6, 6.07) is 10.4. The summed E-state index contributed by atoms with van der Waals surface area (Å²) < 4.78 is 0. The van der Waals surface area contributed by atoms with Crippen molar-refractivity contribution in [1.29, 1.82) is 0 Å². The molecule has 0 bridgehead atoms. The third-order valence-corrected chi connectivity index (χ3v) is 6.85. The molecule has 14 nitrogen and oxygen atoms in total. The number of H-pyrrole nitrogens is 2. The number of imidazole rings is 2. The third kappa shape index (κ3) is 9.25. The Bertz CT molecular complexity index is 1510. The lowest BCUT2D eigenvalue weighted by Crippen LogP contribution is -2.58. The molecule has 230 valence electrons. The molecular formula is C30H34N8O6. The average molecular weight is 603 g/mol. The highest BCUT2D eigenvalue weighted by Gasteiger charge is 2.31. The summed E-state index contributed by atoms with van der Waals surface area (Å²) in [5.41, 5.74) is 8.59. The molecule has 4 atom stereocenters. The van der Waals surface area contributed by atoms with Crippen LogP contribution in [0.15, 0.2) is 79.6 Å². The Labute approximate surface area is 252 Å². The number of carboxylic acid groups (broad SMARTS) is 1. The number of benzene rings is 2. The van der Waals surface area contributed by atoms with E-state index in [4.69, 9.17) is 5.73 Å². The van der Waals surface area contributed by atoms with E-state index in [1.165, 1.54) is 37.2 Å². The molecule has 44 heavy (non-hydrogen) atoms. The second-order valence-electron chi connectivity index (χ2n) is 10.3. The van der Waals surface area contributed by atoms with E-state index in [1.807, 2.05) is 0 Å². The lowest BCUT2D eigenvalue weighted by molar-refractivity contribution is -0.142. The number of aromatic hydroxyl groups is 1. The number of nitrogens with two attached hydrogens (primary N) is 1. The number of phenols is 1. The molecule has 0 spiro atoms. The Balaban J connectivity index is 1.54. The fraction of sp³-hybridized carbons (Fsp3) is 0.267. The molecule has 0 fully saturated rings. The molecule has 2 aromatic carbocycles. The first-order valence-corrected chi connectivity index (χ1v) is 13.8. The average Bonchev–Trinajstić information content (AvgIpc) is 3.72. The van der Waals surface area contributed by atoms with Crippen LogP contribution < -0.4 is 21.7 Å². The highest BCUT2D eigenvalue weighted by Crippen LogP contribution is 2.13. The Morgan fingerprint density at radius 3 is 1.70 bits per heavy atom. The lowest BCUT2D eigenvalue weighted by atomic mass is 10.0. The number of amides is 3. The van der Waals surface area contributed by atoms with E-state index in [2.05, 4.69) is 35.9 Å². The van der Waals surface area contributed by atoms with Crippen LogP contribution in [-0.2, 0) is 44.9 Å². The van der Waals surface area contributed by atoms with Gasteiger partial charge in [0.1, 0.15) is 23.9 Å². The van der Waals surface area contributed by atoms with Gasteiger partial charge in [-0.05, 0) is 23.3 Å². The molecule has 9 N–H and O–H groups in total. The maximum Gasteiger partial charge on any atom is 0.326 e. The van der Waals surface area contributed by atoms with Crippen molar-refractivity contribution < 1.29 is 29.4 Å². The Hall–Kier alpha value is -5.50. The molecule has 0 unspecified atom stereocenters. The molecule has 2 aromatic heterocycles. The summed E-state index contributed by atoms with van der Waals surface area (Å²) in [5.74, 6) is -3.24. The number of carboxylic acids is 1. The van der Waals surface area contributed by atoms with Crippen LogP contribution in [0, 0.1) is 0 Å². The van der Waals surface area contributed by atoms with Gasteiger partial charge in [-0.15, -0.1) is 0 Å². The SMILES string of the molecule is N[C@@H](Cc1cnc[nH]1)C(=O)N[C@@H](Cc1ccc(O)cc1)C(=O)N[C@@H](Cc1ccccc1)C(=O)N[C@@H](Cc1cnc[nH]1)C(=O)O. The van der Waals surface area contributed by atoms with Crippen molar-refractivity contribution in [1.82, 2.24) is 35.9 Å². The third-order valence-electron chi connectivity index (χ3n) is 6.85. The van der Waals surface area contributed by atoms with Crippen LogP contribution in [0.4, 0.5) is 0 Å². The maximum absolute atomic E-state index is 13.7. The number of aromatic nitrogens is 4. The number of nitrogens with one attached hydrogen (secondary N) is 5. The molecule has 0 saturated carbocycles. The zero-order valence-corrected chi connectivity index (χ0v) is 23.6. The Morgan fingerprint density at radius 1 is 0.682 bits per heavy atom. The molecule has 4 aromatic rings. The monoisotopic (exact) mass is 602 g/mol. The first kappa shape index (κ1) is 31.4. The van der Waals surface area contributed by atoms with Crippen molar-refractivity contribution in [2.24, 2.45) is 5.73 Å². The van der Waals surface area contributed by atoms with E-state index in [1.54, 1.807) is 42.5 Å². The fourth-order valence-electron chi connectivity index (χ4n) is 4.50. The standard InChI is InChI=1S/C30H34N8O6/c31-23(12-20-14-32-16-34-20)27(40)36-24(11-19-6-8-22(39)9-7-19)28(41)37-25(10-18-4-2-1-3-5-18)29(42)38-26(30(43)44)13-21-15-33-17-35-21/h1-9,14-17,23-26,39H,10-13,31H2,(H,32,34)(H,33,35)(H,36,40)(H,37,41)(H,38,42)(H,43,44)/t23-,24-,25-,26-/m0/s1. The first-order chi connectivity index (χ1) is 21.2. The van der Waals surface area contributed by atoms with E-state index in [0.717, 1.165) is 0 Å². The summed E-state index contributed by atoms with van der Waals surface area (Å²) in [4.78, 5) is 65.8. The van der Waals surface area contributed by atoms with Gasteiger partial charge >= 0.3 is 5.97 Å². The number of carbonyl (C=O) groups is 4. The Morgan fingerprint density at radius 2 is 1.18 bits per heavy atom. The number of phenolic OH excluding ortho intramolecular Hbond substituents is 1. The van der Waals surface area contributed by atoms with Crippen molar-refractivity contribution in [3.8, 4) is 5.75 Å². The van der Waals surface area contributed by atoms with Gasteiger partial charge in [-0.2, -0.15) is 0 Å². The molecule has 14 heteroatoms. The van der Waals surface area contributed by atoms with Crippen molar-refractivity contribution >= 4 is 23.7 Å².